The summed E-state index contributed by atoms with van der Waals surface area (Å²) >= 11 is 0. The monoisotopic (exact) mass is 501 g/mol. The van der Waals surface area contributed by atoms with Crippen LogP contribution in [-0.4, -0.2) is 70.3 Å². The lowest BCUT2D eigenvalue weighted by atomic mass is 10.1. The molecule has 172 valence electrons. The van der Waals surface area contributed by atoms with Crippen molar-refractivity contribution in [3.8, 4) is 0 Å². The van der Waals surface area contributed by atoms with Gasteiger partial charge in [-0.2, -0.15) is 0 Å². The molecule has 0 saturated carbocycles. The van der Waals surface area contributed by atoms with Crippen LogP contribution in [0.3, 0.4) is 0 Å². The van der Waals surface area contributed by atoms with Gasteiger partial charge in [0.05, 0.1) is 6.61 Å². The summed E-state index contributed by atoms with van der Waals surface area (Å²) in [5.74, 6) is -0.750. The molecular formula is C12H18N5O11P3. The predicted molar refractivity (Wildman–Crippen MR) is 101 cm³/mol. The van der Waals surface area contributed by atoms with Crippen molar-refractivity contribution in [3.05, 3.63) is 12.2 Å². The number of aliphatic hydroxyl groups excluding tert-OH is 2. The van der Waals surface area contributed by atoms with E-state index in [0.717, 1.165) is 0 Å². The molecule has 2 aliphatic heterocycles. The first kappa shape index (κ1) is 22.9. The largest absolute Gasteiger partial charge is 0.486 e. The highest BCUT2D eigenvalue weighted by molar-refractivity contribution is 7.81. The molecule has 0 aliphatic carbocycles. The van der Waals surface area contributed by atoms with Crippen LogP contribution in [0.2, 0.25) is 0 Å². The fourth-order valence-corrected chi connectivity index (χ4v) is 10.2. The second-order valence-corrected chi connectivity index (χ2v) is 13.0. The average Bonchev–Trinajstić information content (AvgIpc) is 3.08. The number of aromatic nitrogens is 4. The maximum Gasteiger partial charge on any atom is 0.486 e. The first-order valence-electron chi connectivity index (χ1n) is 8.58. The Morgan fingerprint density at radius 3 is 2.61 bits per heavy atom. The van der Waals surface area contributed by atoms with E-state index in [1.807, 2.05) is 0 Å². The number of fused-ring (bicyclic) bond motifs is 1. The predicted octanol–water partition coefficient (Wildman–Crippen LogP) is -0.164. The maximum atomic E-state index is 12.6. The summed E-state index contributed by atoms with van der Waals surface area (Å²) in [4.78, 5) is 30.9. The molecule has 2 aromatic rings. The minimum atomic E-state index is -5.10. The molecule has 7 atom stereocenters. The molecule has 6 N–H and O–H groups in total. The Labute approximate surface area is 173 Å². The van der Waals surface area contributed by atoms with Crippen LogP contribution >= 0.6 is 23.0 Å². The Bertz CT molecular complexity index is 1140. The van der Waals surface area contributed by atoms with Gasteiger partial charge in [-0.25, -0.2) is 28.1 Å². The summed E-state index contributed by atoms with van der Waals surface area (Å²) < 4.78 is 56.1. The van der Waals surface area contributed by atoms with Crippen LogP contribution < -0.4 is 5.73 Å². The van der Waals surface area contributed by atoms with Gasteiger partial charge >= 0.3 is 23.0 Å². The van der Waals surface area contributed by atoms with Crippen molar-refractivity contribution in [2.24, 2.45) is 0 Å². The van der Waals surface area contributed by atoms with E-state index < -0.39 is 60.1 Å². The van der Waals surface area contributed by atoms with Crippen molar-refractivity contribution >= 4 is 40.0 Å². The number of imidazole rings is 1. The van der Waals surface area contributed by atoms with Gasteiger partial charge < -0.3 is 35.0 Å². The van der Waals surface area contributed by atoms with Gasteiger partial charge in [0, 0.05) is 0 Å². The van der Waals surface area contributed by atoms with Crippen molar-refractivity contribution in [2.75, 3.05) is 18.2 Å². The van der Waals surface area contributed by atoms with Crippen LogP contribution in [0.4, 0.5) is 5.82 Å². The Balaban J connectivity index is 1.55. The normalized spacial score (nSPS) is 41.1. The molecule has 2 aliphatic rings. The highest BCUT2D eigenvalue weighted by Gasteiger charge is 2.53. The van der Waals surface area contributed by atoms with Crippen LogP contribution in [0.1, 0.15) is 12.1 Å². The zero-order valence-corrected chi connectivity index (χ0v) is 18.3. The Hall–Kier alpha value is -1.28. The third-order valence-electron chi connectivity index (χ3n) is 4.52. The molecule has 2 fully saturated rings. The van der Waals surface area contributed by atoms with Crippen molar-refractivity contribution < 1.29 is 51.6 Å². The lowest BCUT2D eigenvalue weighted by molar-refractivity contribution is -0.0493. The second kappa shape index (κ2) is 7.65. The van der Waals surface area contributed by atoms with Crippen molar-refractivity contribution in [1.29, 1.82) is 0 Å². The second-order valence-electron chi connectivity index (χ2n) is 6.82. The molecule has 31 heavy (non-hydrogen) atoms. The van der Waals surface area contributed by atoms with Gasteiger partial charge in [-0.1, -0.05) is 0 Å². The minimum absolute atomic E-state index is 0.0939. The molecule has 4 heterocycles. The molecule has 4 rings (SSSR count). The average molecular weight is 501 g/mol. The number of phosphoric acid groups is 1. The summed E-state index contributed by atoms with van der Waals surface area (Å²) in [6.07, 6.45) is -4.39. The molecule has 2 saturated heterocycles. The van der Waals surface area contributed by atoms with E-state index in [1.165, 1.54) is 10.9 Å². The topological polar surface area (TPSA) is 239 Å². The Morgan fingerprint density at radius 2 is 1.94 bits per heavy atom. The Morgan fingerprint density at radius 1 is 1.23 bits per heavy atom. The summed E-state index contributed by atoms with van der Waals surface area (Å²) in [5, 5.41) is 20.8. The van der Waals surface area contributed by atoms with E-state index in [2.05, 4.69) is 23.6 Å². The Kier molecular flexibility index (Phi) is 5.65. The number of rotatable bonds is 4. The van der Waals surface area contributed by atoms with E-state index >= 15 is 0 Å². The van der Waals surface area contributed by atoms with E-state index in [1.54, 1.807) is 6.92 Å². The third kappa shape index (κ3) is 4.34. The van der Waals surface area contributed by atoms with Crippen LogP contribution in [0.15, 0.2) is 6.33 Å². The number of nitrogens with two attached hydrogens (primary N) is 1. The smallest absolute Gasteiger partial charge is 0.387 e. The molecule has 0 amide bonds. The number of aryl methyl sites for hydroxylation is 1. The number of aliphatic hydroxyl groups is 2. The molecule has 0 radical (unpaired) electrons. The summed E-state index contributed by atoms with van der Waals surface area (Å²) in [6.45, 7) is 0.869. The SMILES string of the molecule is Cc1nc2c(N)ncnc2n1[C@@H]1O[C@H](COP2(=O)CP(=O)(O)OP(=O)(O)O2)C(O)[C@@H]1O. The lowest BCUT2D eigenvalue weighted by Crippen LogP contribution is -2.34. The molecule has 0 spiro atoms. The van der Waals surface area contributed by atoms with Crippen LogP contribution in [0, 0.1) is 6.92 Å². The molecular weight excluding hydrogens is 483 g/mol. The third-order valence-corrected chi connectivity index (χ3v) is 11.5. The minimum Gasteiger partial charge on any atom is -0.387 e. The number of hydrogen-bond donors (Lipinski definition) is 5. The fraction of sp³-hybridized carbons (Fsp3) is 0.583. The number of ether oxygens (including phenoxy) is 1. The number of nitrogen functional groups attached to an aromatic ring is 1. The number of hydrogen-bond acceptors (Lipinski definition) is 13. The lowest BCUT2D eigenvalue weighted by Gasteiger charge is -2.28. The summed E-state index contributed by atoms with van der Waals surface area (Å²) in [5.41, 5.74) is 6.25. The van der Waals surface area contributed by atoms with Crippen molar-refractivity contribution in [1.82, 2.24) is 19.5 Å². The van der Waals surface area contributed by atoms with Gasteiger partial charge in [0.1, 0.15) is 30.5 Å². The number of anilines is 1. The zero-order chi connectivity index (χ0) is 22.8. The van der Waals surface area contributed by atoms with Crippen LogP contribution in [0.25, 0.3) is 11.2 Å². The van der Waals surface area contributed by atoms with Crippen LogP contribution in [-0.2, 0) is 31.6 Å². The first-order valence-corrected chi connectivity index (χ1v) is 13.6. The number of nitrogens with zero attached hydrogens (tertiary/aromatic N) is 4. The van der Waals surface area contributed by atoms with Gasteiger partial charge in [-0.05, 0) is 6.92 Å². The van der Waals surface area contributed by atoms with Gasteiger partial charge in [-0.15, -0.1) is 0 Å². The maximum absolute atomic E-state index is 12.6. The van der Waals surface area contributed by atoms with Crippen molar-refractivity contribution in [3.63, 3.8) is 0 Å². The van der Waals surface area contributed by atoms with Crippen LogP contribution in [0.5, 0.6) is 0 Å². The molecule has 19 heteroatoms. The fourth-order valence-electron chi connectivity index (χ4n) is 3.28. The van der Waals surface area contributed by atoms with Gasteiger partial charge in [0.15, 0.2) is 29.1 Å². The van der Waals surface area contributed by atoms with Gasteiger partial charge in [0.25, 0.3) is 0 Å². The highest BCUT2D eigenvalue weighted by Crippen LogP contribution is 2.78. The van der Waals surface area contributed by atoms with E-state index in [4.69, 9.17) is 15.0 Å². The molecule has 0 bridgehead atoms. The molecule has 2 aromatic heterocycles. The summed E-state index contributed by atoms with van der Waals surface area (Å²) in [7, 11) is -14.4. The molecule has 4 unspecified atom stereocenters. The molecule has 0 aromatic carbocycles. The van der Waals surface area contributed by atoms with E-state index in [-0.39, 0.29) is 17.0 Å². The first-order chi connectivity index (χ1) is 14.3. The quantitative estimate of drug-likeness (QED) is 0.342. The van der Waals surface area contributed by atoms with E-state index in [9.17, 15) is 33.7 Å². The van der Waals surface area contributed by atoms with Gasteiger partial charge in [0.2, 0.25) is 0 Å². The van der Waals surface area contributed by atoms with Crippen molar-refractivity contribution in [2.45, 2.75) is 31.5 Å². The summed E-state index contributed by atoms with van der Waals surface area (Å²) in [6, 6.07) is 0. The standard InChI is InChI=1S/C12H18N5O11P3/c1-5-16-7-10(13)14-3-15-11(7)17(5)12-9(19)8(18)6(26-12)2-25-30(22)4-29(20,21)27-31(23,24)28-30/h3,6,8-9,12,18-19H,2,4H2,1H3,(H,20,21)(H,23,24)(H2,13,14,15)/t6-,8?,9+,12-,30?/m1/s1. The van der Waals surface area contributed by atoms with Gasteiger partial charge in [-0.3, -0.25) is 13.7 Å². The molecule has 16 nitrogen and oxygen atoms in total. The zero-order valence-electron chi connectivity index (χ0n) is 15.7. The highest BCUT2D eigenvalue weighted by atomic mass is 31.3. The van der Waals surface area contributed by atoms with E-state index in [0.29, 0.717) is 5.82 Å².